The second kappa shape index (κ2) is 12.5. The third-order valence-corrected chi connectivity index (χ3v) is 8.84. The van der Waals surface area contributed by atoms with Crippen LogP contribution in [0.5, 0.6) is 5.75 Å². The Hall–Kier alpha value is -4.97. The van der Waals surface area contributed by atoms with E-state index in [1.54, 1.807) is 12.1 Å². The highest BCUT2D eigenvalue weighted by Crippen LogP contribution is 2.29. The number of carbonyl (C=O) groups is 1. The van der Waals surface area contributed by atoms with E-state index in [4.69, 9.17) is 4.74 Å². The minimum absolute atomic E-state index is 0.167. The summed E-state index contributed by atoms with van der Waals surface area (Å²) in [5, 5.41) is 15.6. The van der Waals surface area contributed by atoms with Crippen LogP contribution in [0, 0.1) is 44.7 Å². The molecule has 4 rings (SSSR count). The highest BCUT2D eigenvalue weighted by molar-refractivity contribution is 7.92. The van der Waals surface area contributed by atoms with Crippen LogP contribution in [0.25, 0.3) is 5.69 Å². The Morgan fingerprint density at radius 2 is 1.70 bits per heavy atom. The summed E-state index contributed by atoms with van der Waals surface area (Å²) < 4.78 is 35.6. The van der Waals surface area contributed by atoms with Crippen LogP contribution in [0.3, 0.4) is 0 Å². The van der Waals surface area contributed by atoms with Gasteiger partial charge in [0.05, 0.1) is 28.8 Å². The maximum absolute atomic E-state index is 13.7. The lowest BCUT2D eigenvalue weighted by Gasteiger charge is -2.24. The van der Waals surface area contributed by atoms with Crippen molar-refractivity contribution < 1.29 is 22.9 Å². The summed E-state index contributed by atoms with van der Waals surface area (Å²) in [4.78, 5) is 23.5. The molecule has 0 aliphatic heterocycles. The van der Waals surface area contributed by atoms with E-state index in [-0.39, 0.29) is 16.3 Å². The zero-order valence-corrected chi connectivity index (χ0v) is 25.6. The lowest BCUT2D eigenvalue weighted by atomic mass is 10.1. The van der Waals surface area contributed by atoms with Crippen molar-refractivity contribution in [2.45, 2.75) is 39.5 Å². The third-order valence-electron chi connectivity index (χ3n) is 7.07. The molecular formula is C31H33N5O6S. The first-order valence-corrected chi connectivity index (χ1v) is 14.8. The minimum Gasteiger partial charge on any atom is -0.497 e. The summed E-state index contributed by atoms with van der Waals surface area (Å²) in [7, 11) is -2.92. The van der Waals surface area contributed by atoms with Gasteiger partial charge in [0.2, 0.25) is 0 Å². The van der Waals surface area contributed by atoms with Gasteiger partial charge < -0.3 is 9.30 Å². The van der Waals surface area contributed by atoms with E-state index in [2.05, 4.69) is 27.2 Å². The fourth-order valence-corrected chi connectivity index (χ4v) is 6.26. The van der Waals surface area contributed by atoms with Crippen molar-refractivity contribution in [3.8, 4) is 11.4 Å². The lowest BCUT2D eigenvalue weighted by Crippen LogP contribution is -2.39. The monoisotopic (exact) mass is 603 g/mol. The number of nitro benzene ring substituents is 1. The topological polar surface area (TPSA) is 136 Å². The normalized spacial score (nSPS) is 11.5. The standard InChI is InChI=1S/C31H33N5O6S/c1-20-7-14-29(22(3)15-20)35-23(4)16-25(24(35)5)18-32-33-31(37)19-34(26-9-11-27(42-6)12-10-26)43(40,41)28-13-8-21(2)30(17-28)36(38)39/h7-18H,19H2,1-6H3,(H,33,37)/b32-18+. The van der Waals surface area contributed by atoms with Crippen molar-refractivity contribution in [3.63, 3.8) is 0 Å². The van der Waals surface area contributed by atoms with Crippen LogP contribution in [-0.4, -0.2) is 43.7 Å². The van der Waals surface area contributed by atoms with Gasteiger partial charge in [-0.15, -0.1) is 0 Å². The molecule has 0 bridgehead atoms. The molecule has 0 aliphatic carbocycles. The van der Waals surface area contributed by atoms with E-state index < -0.39 is 27.4 Å². The Bertz CT molecular complexity index is 1830. The van der Waals surface area contributed by atoms with Gasteiger partial charge in [-0.05, 0) is 82.6 Å². The molecule has 1 heterocycles. The van der Waals surface area contributed by atoms with Gasteiger partial charge in [-0.3, -0.25) is 19.2 Å². The predicted octanol–water partition coefficient (Wildman–Crippen LogP) is 5.28. The van der Waals surface area contributed by atoms with Gasteiger partial charge >= 0.3 is 0 Å². The SMILES string of the molecule is COc1ccc(N(CC(=O)N/N=C/c2cc(C)n(-c3ccc(C)cc3C)c2C)S(=O)(=O)c2ccc(C)c([N+](=O)[O-])c2)cc1. The largest absolute Gasteiger partial charge is 0.497 e. The highest BCUT2D eigenvalue weighted by Gasteiger charge is 2.29. The number of nitro groups is 1. The Balaban J connectivity index is 1.60. The van der Waals surface area contributed by atoms with Gasteiger partial charge in [0, 0.05) is 34.3 Å². The van der Waals surface area contributed by atoms with E-state index >= 15 is 0 Å². The quantitative estimate of drug-likeness (QED) is 0.149. The second-order valence-electron chi connectivity index (χ2n) is 10.2. The average Bonchev–Trinajstić information content (AvgIpc) is 3.24. The molecule has 1 N–H and O–H groups in total. The maximum Gasteiger partial charge on any atom is 0.273 e. The summed E-state index contributed by atoms with van der Waals surface area (Å²) in [6.45, 7) is 8.91. The van der Waals surface area contributed by atoms with Crippen LogP contribution in [-0.2, 0) is 14.8 Å². The molecule has 0 saturated carbocycles. The molecule has 0 spiro atoms. The third kappa shape index (κ3) is 6.59. The summed E-state index contributed by atoms with van der Waals surface area (Å²) in [5.41, 5.74) is 8.57. The van der Waals surface area contributed by atoms with Crippen molar-refractivity contribution in [1.82, 2.24) is 9.99 Å². The number of nitrogens with one attached hydrogen (secondary N) is 1. The van der Waals surface area contributed by atoms with Gasteiger partial charge in [0.15, 0.2) is 0 Å². The molecule has 1 aromatic heterocycles. The number of benzene rings is 3. The molecule has 43 heavy (non-hydrogen) atoms. The summed E-state index contributed by atoms with van der Waals surface area (Å²) in [6, 6.07) is 17.9. The molecule has 0 radical (unpaired) electrons. The minimum atomic E-state index is -4.39. The smallest absolute Gasteiger partial charge is 0.273 e. The Labute approximate surface area is 250 Å². The average molecular weight is 604 g/mol. The number of hydrogen-bond acceptors (Lipinski definition) is 7. The predicted molar refractivity (Wildman–Crippen MR) is 166 cm³/mol. The number of carbonyl (C=O) groups excluding carboxylic acids is 1. The zero-order chi connectivity index (χ0) is 31.5. The molecule has 12 heteroatoms. The second-order valence-corrected chi connectivity index (χ2v) is 12.0. The number of aromatic nitrogens is 1. The van der Waals surface area contributed by atoms with Crippen LogP contribution in [0.1, 0.15) is 33.6 Å². The Morgan fingerprint density at radius 3 is 2.33 bits per heavy atom. The number of rotatable bonds is 10. The number of anilines is 1. The molecule has 224 valence electrons. The number of aryl methyl sites for hydroxylation is 4. The maximum atomic E-state index is 13.7. The number of ether oxygens (including phenoxy) is 1. The first-order chi connectivity index (χ1) is 20.3. The summed E-state index contributed by atoms with van der Waals surface area (Å²) in [5.74, 6) is -0.222. The van der Waals surface area contributed by atoms with Crippen molar-refractivity contribution in [3.05, 3.63) is 110 Å². The number of methoxy groups -OCH3 is 1. The van der Waals surface area contributed by atoms with Crippen molar-refractivity contribution in [2.24, 2.45) is 5.10 Å². The molecule has 3 aromatic carbocycles. The summed E-state index contributed by atoms with van der Waals surface area (Å²) >= 11 is 0. The van der Waals surface area contributed by atoms with Crippen LogP contribution >= 0.6 is 0 Å². The molecule has 1 amide bonds. The van der Waals surface area contributed by atoms with E-state index in [1.807, 2.05) is 39.8 Å². The van der Waals surface area contributed by atoms with Gasteiger partial charge in [-0.1, -0.05) is 23.8 Å². The van der Waals surface area contributed by atoms with E-state index in [1.165, 1.54) is 50.1 Å². The van der Waals surface area contributed by atoms with Crippen molar-refractivity contribution in [1.29, 1.82) is 0 Å². The number of nitrogens with zero attached hydrogens (tertiary/aromatic N) is 4. The van der Waals surface area contributed by atoms with Crippen molar-refractivity contribution >= 4 is 33.5 Å². The Kier molecular flexibility index (Phi) is 9.00. The summed E-state index contributed by atoms with van der Waals surface area (Å²) in [6.07, 6.45) is 1.51. The molecule has 0 unspecified atom stereocenters. The van der Waals surface area contributed by atoms with Crippen LogP contribution in [0.15, 0.2) is 76.7 Å². The number of hydrazone groups is 1. The zero-order valence-electron chi connectivity index (χ0n) is 24.8. The molecule has 0 saturated heterocycles. The van der Waals surface area contributed by atoms with Gasteiger partial charge in [0.25, 0.3) is 21.6 Å². The molecule has 0 atom stereocenters. The number of hydrogen-bond donors (Lipinski definition) is 1. The van der Waals surface area contributed by atoms with Crippen molar-refractivity contribution in [2.75, 3.05) is 18.0 Å². The van der Waals surface area contributed by atoms with E-state index in [0.29, 0.717) is 11.3 Å². The highest BCUT2D eigenvalue weighted by atomic mass is 32.2. The Morgan fingerprint density at radius 1 is 1.00 bits per heavy atom. The fourth-order valence-electron chi connectivity index (χ4n) is 4.82. The van der Waals surface area contributed by atoms with Crippen LogP contribution < -0.4 is 14.5 Å². The molecule has 11 nitrogen and oxygen atoms in total. The van der Waals surface area contributed by atoms with Crippen LogP contribution in [0.4, 0.5) is 11.4 Å². The number of amides is 1. The van der Waals surface area contributed by atoms with Gasteiger partial charge in [0.1, 0.15) is 12.3 Å². The van der Waals surface area contributed by atoms with E-state index in [9.17, 15) is 23.3 Å². The fraction of sp³-hybridized carbons (Fsp3) is 0.226. The molecule has 4 aromatic rings. The van der Waals surface area contributed by atoms with Gasteiger partial charge in [-0.25, -0.2) is 13.8 Å². The van der Waals surface area contributed by atoms with Gasteiger partial charge in [-0.2, -0.15) is 5.10 Å². The van der Waals surface area contributed by atoms with E-state index in [0.717, 1.165) is 38.6 Å². The van der Waals surface area contributed by atoms with Crippen LogP contribution in [0.2, 0.25) is 0 Å². The number of sulfonamides is 1. The first kappa shape index (κ1) is 31.0. The lowest BCUT2D eigenvalue weighted by molar-refractivity contribution is -0.385. The molecule has 0 aliphatic rings. The molecule has 0 fully saturated rings. The first-order valence-electron chi connectivity index (χ1n) is 13.3. The molecular weight excluding hydrogens is 570 g/mol.